The molecule has 0 bridgehead atoms. The summed E-state index contributed by atoms with van der Waals surface area (Å²) >= 11 is 0. The molecule has 4 rings (SSSR count). The van der Waals surface area contributed by atoms with E-state index >= 15 is 0 Å². The van der Waals surface area contributed by atoms with Gasteiger partial charge in [0.2, 0.25) is 5.95 Å². The molecule has 28 heavy (non-hydrogen) atoms. The molecule has 2 fully saturated rings. The molecule has 150 valence electrons. The van der Waals surface area contributed by atoms with Crippen molar-refractivity contribution in [2.75, 3.05) is 75.8 Å². The highest BCUT2D eigenvalue weighted by Gasteiger charge is 2.19. The van der Waals surface area contributed by atoms with Gasteiger partial charge in [-0.1, -0.05) is 30.3 Å². The largest absolute Gasteiger partial charge is 0.379 e. The molecule has 0 atom stereocenters. The van der Waals surface area contributed by atoms with Crippen molar-refractivity contribution in [3.05, 3.63) is 48.2 Å². The molecule has 7 nitrogen and oxygen atoms in total. The van der Waals surface area contributed by atoms with E-state index in [9.17, 15) is 0 Å². The first-order chi connectivity index (χ1) is 13.9. The van der Waals surface area contributed by atoms with E-state index in [1.807, 2.05) is 12.3 Å². The Hall–Kier alpha value is -2.22. The maximum absolute atomic E-state index is 5.40. The lowest BCUT2D eigenvalue weighted by Gasteiger charge is -2.34. The van der Waals surface area contributed by atoms with Crippen molar-refractivity contribution in [1.82, 2.24) is 19.8 Å². The fraction of sp³-hybridized carbons (Fsp3) is 0.524. The average Bonchev–Trinajstić information content (AvgIpc) is 2.76. The molecule has 0 radical (unpaired) electrons. The van der Waals surface area contributed by atoms with Crippen molar-refractivity contribution in [2.45, 2.75) is 6.54 Å². The summed E-state index contributed by atoms with van der Waals surface area (Å²) in [5, 5.41) is 3.44. The van der Waals surface area contributed by atoms with Crippen LogP contribution in [0.2, 0.25) is 0 Å². The lowest BCUT2D eigenvalue weighted by atomic mass is 10.2. The molecule has 7 heteroatoms. The highest BCUT2D eigenvalue weighted by atomic mass is 16.5. The van der Waals surface area contributed by atoms with Gasteiger partial charge < -0.3 is 15.0 Å². The van der Waals surface area contributed by atoms with Crippen LogP contribution in [0.15, 0.2) is 42.6 Å². The molecule has 2 aliphatic heterocycles. The summed E-state index contributed by atoms with van der Waals surface area (Å²) in [6.07, 6.45) is 1.86. The summed E-state index contributed by atoms with van der Waals surface area (Å²) in [4.78, 5) is 16.4. The number of anilines is 2. The second kappa shape index (κ2) is 9.82. The van der Waals surface area contributed by atoms with Gasteiger partial charge in [0.15, 0.2) is 0 Å². The van der Waals surface area contributed by atoms with E-state index in [1.54, 1.807) is 0 Å². The Morgan fingerprint density at radius 1 is 0.893 bits per heavy atom. The van der Waals surface area contributed by atoms with Crippen LogP contribution in [0.3, 0.4) is 0 Å². The van der Waals surface area contributed by atoms with Crippen molar-refractivity contribution in [3.8, 4) is 0 Å². The van der Waals surface area contributed by atoms with Gasteiger partial charge in [-0.15, -0.1) is 0 Å². The van der Waals surface area contributed by atoms with Crippen LogP contribution < -0.4 is 10.2 Å². The van der Waals surface area contributed by atoms with Crippen LogP contribution in [0.25, 0.3) is 0 Å². The molecule has 1 aromatic heterocycles. The summed E-state index contributed by atoms with van der Waals surface area (Å²) in [5.41, 5.74) is 1.37. The Morgan fingerprint density at radius 2 is 1.68 bits per heavy atom. The summed E-state index contributed by atoms with van der Waals surface area (Å²) in [7, 11) is 0. The van der Waals surface area contributed by atoms with Gasteiger partial charge >= 0.3 is 0 Å². The fourth-order valence-electron chi connectivity index (χ4n) is 3.71. The van der Waals surface area contributed by atoms with E-state index in [-0.39, 0.29) is 0 Å². The first-order valence-corrected chi connectivity index (χ1v) is 10.2. The van der Waals surface area contributed by atoms with Gasteiger partial charge in [0, 0.05) is 65.1 Å². The molecule has 0 saturated carbocycles. The van der Waals surface area contributed by atoms with E-state index in [2.05, 4.69) is 55.3 Å². The van der Waals surface area contributed by atoms with Crippen molar-refractivity contribution in [2.24, 2.45) is 0 Å². The zero-order valence-corrected chi connectivity index (χ0v) is 16.5. The molecular weight excluding hydrogens is 352 g/mol. The van der Waals surface area contributed by atoms with Crippen molar-refractivity contribution in [1.29, 1.82) is 0 Å². The van der Waals surface area contributed by atoms with Crippen LogP contribution in [0.1, 0.15) is 5.56 Å². The molecular formula is C21H30N6O. The summed E-state index contributed by atoms with van der Waals surface area (Å²) in [5.74, 6) is 1.74. The average molecular weight is 383 g/mol. The normalized spacial score (nSPS) is 18.9. The number of piperazine rings is 1. The number of morpholine rings is 1. The summed E-state index contributed by atoms with van der Waals surface area (Å²) in [6, 6.07) is 12.6. The molecule has 1 aromatic carbocycles. The fourth-order valence-corrected chi connectivity index (χ4v) is 3.71. The minimum Gasteiger partial charge on any atom is -0.379 e. The zero-order chi connectivity index (χ0) is 19.0. The number of rotatable bonds is 7. The first-order valence-electron chi connectivity index (χ1n) is 10.2. The van der Waals surface area contributed by atoms with Gasteiger partial charge in [-0.05, 0) is 11.6 Å². The quantitative estimate of drug-likeness (QED) is 0.780. The van der Waals surface area contributed by atoms with Gasteiger partial charge in [0.05, 0.1) is 13.2 Å². The van der Waals surface area contributed by atoms with Gasteiger partial charge in [-0.2, -0.15) is 4.98 Å². The Balaban J connectivity index is 1.24. The maximum atomic E-state index is 5.40. The first kappa shape index (κ1) is 19.1. The number of benzene rings is 1. The number of nitrogens with zero attached hydrogens (tertiary/aromatic N) is 5. The minimum atomic E-state index is 0.829. The zero-order valence-electron chi connectivity index (χ0n) is 16.5. The molecule has 0 amide bonds. The van der Waals surface area contributed by atoms with E-state index in [1.165, 1.54) is 5.56 Å². The van der Waals surface area contributed by atoms with Crippen molar-refractivity contribution < 1.29 is 4.74 Å². The Morgan fingerprint density at radius 3 is 2.46 bits per heavy atom. The van der Waals surface area contributed by atoms with Crippen LogP contribution >= 0.6 is 0 Å². The molecule has 0 unspecified atom stereocenters. The lowest BCUT2D eigenvalue weighted by molar-refractivity contribution is 0.0398. The number of nitrogens with one attached hydrogen (secondary N) is 1. The van der Waals surface area contributed by atoms with Crippen molar-refractivity contribution in [3.63, 3.8) is 0 Å². The van der Waals surface area contributed by atoms with Gasteiger partial charge in [0.1, 0.15) is 5.82 Å². The third kappa shape index (κ3) is 5.41. The summed E-state index contributed by atoms with van der Waals surface area (Å²) < 4.78 is 5.40. The SMILES string of the molecule is c1ccc(CN2CCN(c3nccc(NCCN4CCOCC4)n3)CC2)cc1. The smallest absolute Gasteiger partial charge is 0.227 e. The standard InChI is InChI=1S/C21H30N6O/c1-2-4-19(5-3-1)18-26-10-12-27(13-11-26)21-23-7-6-20(24-21)22-8-9-25-14-16-28-17-15-25/h1-7H,8-18H2,(H,22,23,24). The van der Waals surface area contributed by atoms with Crippen molar-refractivity contribution >= 4 is 11.8 Å². The monoisotopic (exact) mass is 382 g/mol. The molecule has 1 N–H and O–H groups in total. The highest BCUT2D eigenvalue weighted by Crippen LogP contribution is 2.15. The third-order valence-corrected chi connectivity index (χ3v) is 5.38. The lowest BCUT2D eigenvalue weighted by Crippen LogP contribution is -2.46. The third-order valence-electron chi connectivity index (χ3n) is 5.38. The minimum absolute atomic E-state index is 0.829. The van der Waals surface area contributed by atoms with Crippen LogP contribution in [0, 0.1) is 0 Å². The van der Waals surface area contributed by atoms with Crippen LogP contribution in [-0.2, 0) is 11.3 Å². The van der Waals surface area contributed by atoms with E-state index in [0.717, 1.165) is 83.9 Å². The van der Waals surface area contributed by atoms with Gasteiger partial charge in [-0.3, -0.25) is 9.80 Å². The number of aromatic nitrogens is 2. The molecule has 0 aliphatic carbocycles. The van der Waals surface area contributed by atoms with Crippen LogP contribution in [0.5, 0.6) is 0 Å². The molecule has 2 aliphatic rings. The van der Waals surface area contributed by atoms with Crippen LogP contribution in [-0.4, -0.2) is 85.3 Å². The van der Waals surface area contributed by atoms with Crippen LogP contribution in [0.4, 0.5) is 11.8 Å². The predicted molar refractivity (Wildman–Crippen MR) is 112 cm³/mol. The number of ether oxygens (including phenoxy) is 1. The maximum Gasteiger partial charge on any atom is 0.227 e. The highest BCUT2D eigenvalue weighted by molar-refractivity contribution is 5.41. The molecule has 2 aromatic rings. The van der Waals surface area contributed by atoms with E-state index in [4.69, 9.17) is 9.72 Å². The van der Waals surface area contributed by atoms with Gasteiger partial charge in [0.25, 0.3) is 0 Å². The van der Waals surface area contributed by atoms with E-state index in [0.29, 0.717) is 0 Å². The number of hydrogen-bond donors (Lipinski definition) is 1. The molecule has 0 spiro atoms. The van der Waals surface area contributed by atoms with Gasteiger partial charge in [-0.25, -0.2) is 4.98 Å². The Kier molecular flexibility index (Phi) is 6.70. The second-order valence-electron chi connectivity index (χ2n) is 7.37. The molecule has 2 saturated heterocycles. The topological polar surface area (TPSA) is 56.8 Å². The second-order valence-corrected chi connectivity index (χ2v) is 7.37. The molecule has 3 heterocycles. The van der Waals surface area contributed by atoms with E-state index < -0.39 is 0 Å². The Bertz CT molecular complexity index is 714. The predicted octanol–water partition coefficient (Wildman–Crippen LogP) is 1.54. The summed E-state index contributed by atoms with van der Waals surface area (Å²) in [6.45, 7) is 10.6. The number of hydrogen-bond acceptors (Lipinski definition) is 7. The Labute approximate surface area is 167 Å².